The summed E-state index contributed by atoms with van der Waals surface area (Å²) in [6.07, 6.45) is -3.25. The van der Waals surface area contributed by atoms with E-state index in [1.165, 1.54) is 16.6 Å². The second-order valence-corrected chi connectivity index (χ2v) is 9.46. The molecule has 0 aliphatic carbocycles. The molecule has 3 N–H and O–H groups in total. The highest BCUT2D eigenvalue weighted by Gasteiger charge is 2.33. The van der Waals surface area contributed by atoms with Crippen molar-refractivity contribution in [1.82, 2.24) is 19.8 Å². The largest absolute Gasteiger partial charge is 0.495 e. The number of piperidine rings is 1. The Bertz CT molecular complexity index is 1380. The first-order valence-corrected chi connectivity index (χ1v) is 12.9. The number of para-hydroxylation sites is 2. The quantitative estimate of drug-likeness (QED) is 0.365. The summed E-state index contributed by atoms with van der Waals surface area (Å²) in [5.74, 6) is -0.657. The zero-order valence-electron chi connectivity index (χ0n) is 22.5. The Morgan fingerprint density at radius 3 is 2.50 bits per heavy atom. The van der Waals surface area contributed by atoms with Gasteiger partial charge in [0, 0.05) is 26.2 Å². The van der Waals surface area contributed by atoms with Crippen molar-refractivity contribution in [3.05, 3.63) is 41.7 Å². The first-order chi connectivity index (χ1) is 19.1. The summed E-state index contributed by atoms with van der Waals surface area (Å²) >= 11 is 0. The summed E-state index contributed by atoms with van der Waals surface area (Å²) in [7, 11) is 3.09. The number of rotatable bonds is 9. The number of ether oxygens (including phenoxy) is 2. The molecule has 2 amide bonds. The molecule has 0 radical (unpaired) electrons. The molecule has 4 rings (SSSR count). The topological polar surface area (TPSA) is 118 Å². The average molecular weight is 564 g/mol. The molecule has 40 heavy (non-hydrogen) atoms. The number of carbonyl (C=O) groups excluding carboxylic acids is 2. The van der Waals surface area contributed by atoms with Crippen molar-refractivity contribution >= 4 is 34.2 Å². The zero-order valence-corrected chi connectivity index (χ0v) is 22.5. The number of aryl methyl sites for hydroxylation is 2. The summed E-state index contributed by atoms with van der Waals surface area (Å²) in [5.41, 5.74) is 2.02. The average Bonchev–Trinajstić information content (AvgIpc) is 3.21. The fourth-order valence-corrected chi connectivity index (χ4v) is 4.80. The Labute approximate surface area is 229 Å². The lowest BCUT2D eigenvalue weighted by Crippen LogP contribution is -2.47. The normalized spacial score (nSPS) is 14.3. The fourth-order valence-electron chi connectivity index (χ4n) is 4.80. The summed E-state index contributed by atoms with van der Waals surface area (Å²) < 4.78 is 51.8. The minimum absolute atomic E-state index is 0.0860. The molecule has 0 saturated carbocycles. The predicted molar refractivity (Wildman–Crippen MR) is 142 cm³/mol. The van der Waals surface area contributed by atoms with Gasteiger partial charge in [-0.3, -0.25) is 9.59 Å². The van der Waals surface area contributed by atoms with Crippen LogP contribution in [-0.2, 0) is 18.3 Å². The van der Waals surface area contributed by atoms with Gasteiger partial charge in [0.05, 0.1) is 29.6 Å². The third-order valence-corrected chi connectivity index (χ3v) is 6.82. The van der Waals surface area contributed by atoms with Gasteiger partial charge < -0.3 is 34.7 Å². The summed E-state index contributed by atoms with van der Waals surface area (Å²) in [4.78, 5) is 31.4. The first kappa shape index (κ1) is 29.0. The number of carbonyl (C=O) groups is 2. The van der Waals surface area contributed by atoms with E-state index in [1.807, 2.05) is 19.1 Å². The minimum Gasteiger partial charge on any atom is -0.495 e. The molecule has 1 saturated heterocycles. The Kier molecular flexibility index (Phi) is 8.72. The number of benzene rings is 1. The number of aliphatic hydroxyl groups excluding tert-OH is 1. The maximum absolute atomic E-state index is 13.5. The molecule has 216 valence electrons. The monoisotopic (exact) mass is 563 g/mol. The third kappa shape index (κ3) is 6.24. The minimum atomic E-state index is -4.63. The maximum atomic E-state index is 13.5. The van der Waals surface area contributed by atoms with Crippen molar-refractivity contribution in [3.8, 4) is 11.5 Å². The van der Waals surface area contributed by atoms with E-state index in [0.717, 1.165) is 0 Å². The van der Waals surface area contributed by atoms with E-state index in [0.29, 0.717) is 60.8 Å². The number of aromatic nitrogens is 2. The fraction of sp³-hybridized carbons (Fsp3) is 0.444. The number of hydrogen-bond donors (Lipinski definition) is 3. The molecule has 0 unspecified atom stereocenters. The molecular weight excluding hydrogens is 531 g/mol. The summed E-state index contributed by atoms with van der Waals surface area (Å²) in [5, 5.41) is 15.4. The number of methoxy groups -OCH3 is 1. The van der Waals surface area contributed by atoms with Gasteiger partial charge in [0.25, 0.3) is 5.91 Å². The number of hydrogen-bond acceptors (Lipinski definition) is 7. The van der Waals surface area contributed by atoms with Crippen LogP contribution in [0.2, 0.25) is 0 Å². The lowest BCUT2D eigenvalue weighted by atomic mass is 10.0. The van der Waals surface area contributed by atoms with Crippen LogP contribution >= 0.6 is 0 Å². The van der Waals surface area contributed by atoms with Crippen LogP contribution < -0.4 is 20.1 Å². The van der Waals surface area contributed by atoms with Crippen LogP contribution in [0.1, 0.15) is 35.9 Å². The predicted octanol–water partition coefficient (Wildman–Crippen LogP) is 3.54. The van der Waals surface area contributed by atoms with Crippen LogP contribution in [0.25, 0.3) is 11.0 Å². The van der Waals surface area contributed by atoms with Crippen molar-refractivity contribution in [3.63, 3.8) is 0 Å². The SMILES string of the molecule is CCc1nc2c(cc1Nc1ccccc1OC)c(OCC(F)(F)F)c(C(=O)NC1CCN(C(=O)CO)CC1)n2C. The number of pyridine rings is 1. The third-order valence-electron chi connectivity index (χ3n) is 6.82. The summed E-state index contributed by atoms with van der Waals surface area (Å²) in [6.45, 7) is 0.409. The van der Waals surface area contributed by atoms with Crippen LogP contribution in [0.3, 0.4) is 0 Å². The van der Waals surface area contributed by atoms with Gasteiger partial charge in [-0.1, -0.05) is 19.1 Å². The summed E-state index contributed by atoms with van der Waals surface area (Å²) in [6, 6.07) is 8.52. The van der Waals surface area contributed by atoms with Gasteiger partial charge in [0.2, 0.25) is 5.91 Å². The maximum Gasteiger partial charge on any atom is 0.422 e. The highest BCUT2D eigenvalue weighted by atomic mass is 19.4. The van der Waals surface area contributed by atoms with Gasteiger partial charge in [-0.25, -0.2) is 4.98 Å². The van der Waals surface area contributed by atoms with Crippen molar-refractivity contribution in [2.75, 3.05) is 38.7 Å². The highest BCUT2D eigenvalue weighted by Crippen LogP contribution is 2.37. The number of nitrogens with one attached hydrogen (secondary N) is 2. The van der Waals surface area contributed by atoms with E-state index in [1.54, 1.807) is 25.2 Å². The number of likely N-dealkylation sites (tertiary alicyclic amines) is 1. The molecule has 1 aromatic carbocycles. The van der Waals surface area contributed by atoms with Gasteiger partial charge in [0.1, 0.15) is 18.0 Å². The van der Waals surface area contributed by atoms with E-state index >= 15 is 0 Å². The highest BCUT2D eigenvalue weighted by molar-refractivity contribution is 6.04. The van der Waals surface area contributed by atoms with Crippen LogP contribution in [0.4, 0.5) is 24.5 Å². The van der Waals surface area contributed by atoms with E-state index in [-0.39, 0.29) is 22.9 Å². The molecule has 10 nitrogen and oxygen atoms in total. The van der Waals surface area contributed by atoms with E-state index in [2.05, 4.69) is 15.6 Å². The number of nitrogens with zero attached hydrogens (tertiary/aromatic N) is 3. The number of alkyl halides is 3. The molecule has 3 heterocycles. The second-order valence-electron chi connectivity index (χ2n) is 9.46. The molecule has 2 aromatic heterocycles. The van der Waals surface area contributed by atoms with Crippen molar-refractivity contribution in [2.45, 2.75) is 38.4 Å². The van der Waals surface area contributed by atoms with Crippen LogP contribution in [0.15, 0.2) is 30.3 Å². The molecule has 1 aliphatic rings. The molecule has 1 aliphatic heterocycles. The standard InChI is InChI=1S/C27H32F3N5O5/c1-4-18-20(32-19-7-5-6-8-21(19)39-3)13-17-24(40-15-27(28,29)30)23(34(2)25(17)33-18)26(38)31-16-9-11-35(12-10-16)22(37)14-36/h5-8,13,16,32,36H,4,9-12,14-15H2,1-3H3,(H,31,38). The second kappa shape index (κ2) is 12.0. The van der Waals surface area contributed by atoms with Gasteiger partial charge in [-0.15, -0.1) is 0 Å². The molecule has 1 fully saturated rings. The van der Waals surface area contributed by atoms with Crippen LogP contribution in [0, 0.1) is 0 Å². The number of halogens is 3. The first-order valence-electron chi connectivity index (χ1n) is 12.9. The Balaban J connectivity index is 1.71. The van der Waals surface area contributed by atoms with Crippen molar-refractivity contribution < 1.29 is 37.3 Å². The molecule has 3 aromatic rings. The number of fused-ring (bicyclic) bond motifs is 1. The Hall–Kier alpha value is -4.00. The van der Waals surface area contributed by atoms with Crippen LogP contribution in [0.5, 0.6) is 11.5 Å². The molecule has 13 heteroatoms. The zero-order chi connectivity index (χ0) is 29.0. The van der Waals surface area contributed by atoms with Crippen molar-refractivity contribution in [1.29, 1.82) is 0 Å². The molecule has 0 atom stereocenters. The number of aliphatic hydroxyl groups is 1. The van der Waals surface area contributed by atoms with E-state index < -0.39 is 31.2 Å². The van der Waals surface area contributed by atoms with Crippen molar-refractivity contribution in [2.24, 2.45) is 7.05 Å². The number of anilines is 2. The lowest BCUT2D eigenvalue weighted by Gasteiger charge is -2.32. The lowest BCUT2D eigenvalue weighted by molar-refractivity contribution is -0.153. The Morgan fingerprint density at radius 2 is 1.88 bits per heavy atom. The molecule has 0 spiro atoms. The van der Waals surface area contributed by atoms with Crippen LogP contribution in [-0.4, -0.2) is 77.0 Å². The molecule has 0 bridgehead atoms. The van der Waals surface area contributed by atoms with Gasteiger partial charge in [-0.05, 0) is 37.5 Å². The van der Waals surface area contributed by atoms with Gasteiger partial charge >= 0.3 is 6.18 Å². The van der Waals surface area contributed by atoms with Gasteiger partial charge in [0.15, 0.2) is 18.1 Å². The smallest absolute Gasteiger partial charge is 0.422 e. The number of amides is 2. The Morgan fingerprint density at radius 1 is 1.18 bits per heavy atom. The van der Waals surface area contributed by atoms with E-state index in [4.69, 9.17) is 14.6 Å². The van der Waals surface area contributed by atoms with E-state index in [9.17, 15) is 22.8 Å². The molecular formula is C27H32F3N5O5. The van der Waals surface area contributed by atoms with Gasteiger partial charge in [-0.2, -0.15) is 13.2 Å².